The molecule has 0 saturated heterocycles. The van der Waals surface area contributed by atoms with Crippen LogP contribution in [0.4, 0.5) is 0 Å². The Labute approximate surface area is 171 Å². The molecule has 0 fully saturated rings. The molecule has 1 unspecified atom stereocenters. The number of aromatic nitrogens is 1. The minimum atomic E-state index is -3.33. The molecule has 0 aliphatic carbocycles. The van der Waals surface area contributed by atoms with Crippen LogP contribution in [0.2, 0.25) is 0 Å². The second kappa shape index (κ2) is 8.39. The van der Waals surface area contributed by atoms with Crippen LogP contribution >= 0.6 is 0 Å². The van der Waals surface area contributed by atoms with Crippen LogP contribution in [0.3, 0.4) is 0 Å². The number of amides is 1. The maximum absolute atomic E-state index is 12.3. The minimum Gasteiger partial charge on any atom is -0.386 e. The first-order valence-electron chi connectivity index (χ1n) is 9.51. The van der Waals surface area contributed by atoms with E-state index in [1.807, 2.05) is 42.1 Å². The van der Waals surface area contributed by atoms with E-state index in [1.165, 1.54) is 12.1 Å². The fourth-order valence-corrected chi connectivity index (χ4v) is 4.34. The van der Waals surface area contributed by atoms with Gasteiger partial charge in [0.2, 0.25) is 5.91 Å². The molecular weight excluding hydrogens is 388 g/mol. The Morgan fingerprint density at radius 3 is 2.41 bits per heavy atom. The van der Waals surface area contributed by atoms with Gasteiger partial charge in [-0.2, -0.15) is 0 Å². The predicted octanol–water partition coefficient (Wildman–Crippen LogP) is 2.75. The maximum Gasteiger partial charge on any atom is 0.224 e. The van der Waals surface area contributed by atoms with Crippen molar-refractivity contribution in [3.63, 3.8) is 0 Å². The number of aryl methyl sites for hydroxylation is 1. The Bertz CT molecular complexity index is 1120. The summed E-state index contributed by atoms with van der Waals surface area (Å²) in [5.41, 5.74) is 2.50. The third-order valence-electron chi connectivity index (χ3n) is 5.02. The van der Waals surface area contributed by atoms with Gasteiger partial charge in [-0.05, 0) is 37.6 Å². The highest BCUT2D eigenvalue weighted by molar-refractivity contribution is 7.92. The van der Waals surface area contributed by atoms with Gasteiger partial charge in [0.25, 0.3) is 0 Å². The van der Waals surface area contributed by atoms with Gasteiger partial charge < -0.3 is 15.0 Å². The SMILES string of the molecule is CC(C)S(=O)(=O)c1ccc(CC(=O)NCC(O)c2cn(C)c3ccccc23)cc1. The lowest BCUT2D eigenvalue weighted by Gasteiger charge is -2.12. The highest BCUT2D eigenvalue weighted by Gasteiger charge is 2.19. The van der Waals surface area contributed by atoms with Gasteiger partial charge in [-0.25, -0.2) is 8.42 Å². The fraction of sp³-hybridized carbons (Fsp3) is 0.318. The van der Waals surface area contributed by atoms with E-state index in [0.717, 1.165) is 16.5 Å². The first-order valence-corrected chi connectivity index (χ1v) is 11.1. The van der Waals surface area contributed by atoms with Crippen molar-refractivity contribution in [3.8, 4) is 0 Å². The fourth-order valence-electron chi connectivity index (χ4n) is 3.28. The Kier molecular flexibility index (Phi) is 6.10. The van der Waals surface area contributed by atoms with Gasteiger partial charge >= 0.3 is 0 Å². The van der Waals surface area contributed by atoms with Crippen LogP contribution in [-0.2, 0) is 28.1 Å². The van der Waals surface area contributed by atoms with Crippen molar-refractivity contribution >= 4 is 26.6 Å². The molecule has 0 saturated carbocycles. The van der Waals surface area contributed by atoms with Gasteiger partial charge in [-0.1, -0.05) is 30.3 Å². The zero-order valence-corrected chi connectivity index (χ0v) is 17.6. The molecule has 0 aliphatic rings. The maximum atomic E-state index is 12.3. The lowest BCUT2D eigenvalue weighted by atomic mass is 10.1. The van der Waals surface area contributed by atoms with Crippen LogP contribution in [0, 0.1) is 0 Å². The molecule has 1 atom stereocenters. The van der Waals surface area contributed by atoms with Crippen molar-refractivity contribution in [1.29, 1.82) is 0 Å². The molecule has 0 spiro atoms. The van der Waals surface area contributed by atoms with Crippen LogP contribution in [0.5, 0.6) is 0 Å². The summed E-state index contributed by atoms with van der Waals surface area (Å²) in [6, 6.07) is 14.1. The molecule has 0 aliphatic heterocycles. The summed E-state index contributed by atoms with van der Waals surface area (Å²) in [5, 5.41) is 13.7. The van der Waals surface area contributed by atoms with Crippen molar-refractivity contribution in [2.75, 3.05) is 6.54 Å². The molecule has 2 aromatic carbocycles. The van der Waals surface area contributed by atoms with Crippen molar-refractivity contribution in [2.24, 2.45) is 7.05 Å². The van der Waals surface area contributed by atoms with Crippen LogP contribution in [-0.4, -0.2) is 35.8 Å². The number of hydrogen-bond donors (Lipinski definition) is 2. The highest BCUT2D eigenvalue weighted by atomic mass is 32.2. The summed E-state index contributed by atoms with van der Waals surface area (Å²) >= 11 is 0. The molecule has 0 radical (unpaired) electrons. The topological polar surface area (TPSA) is 88.4 Å². The molecule has 29 heavy (non-hydrogen) atoms. The predicted molar refractivity (Wildman–Crippen MR) is 113 cm³/mol. The van der Waals surface area contributed by atoms with Crippen LogP contribution in [0.1, 0.15) is 31.1 Å². The van der Waals surface area contributed by atoms with Gasteiger partial charge in [0.05, 0.1) is 22.7 Å². The number of nitrogens with one attached hydrogen (secondary N) is 1. The number of para-hydroxylation sites is 1. The van der Waals surface area contributed by atoms with Crippen molar-refractivity contribution < 1.29 is 18.3 Å². The number of carbonyl (C=O) groups is 1. The quantitative estimate of drug-likeness (QED) is 0.622. The van der Waals surface area contributed by atoms with E-state index in [9.17, 15) is 18.3 Å². The zero-order chi connectivity index (χ0) is 21.2. The first kappa shape index (κ1) is 21.1. The molecule has 0 bridgehead atoms. The van der Waals surface area contributed by atoms with Crippen molar-refractivity contribution in [1.82, 2.24) is 9.88 Å². The lowest BCUT2D eigenvalue weighted by molar-refractivity contribution is -0.120. The number of aliphatic hydroxyl groups excluding tert-OH is 1. The molecule has 154 valence electrons. The number of aliphatic hydroxyl groups is 1. The monoisotopic (exact) mass is 414 g/mol. The van der Waals surface area contributed by atoms with E-state index in [0.29, 0.717) is 5.56 Å². The first-order chi connectivity index (χ1) is 13.7. The summed E-state index contributed by atoms with van der Waals surface area (Å²) in [6.07, 6.45) is 1.17. The highest BCUT2D eigenvalue weighted by Crippen LogP contribution is 2.25. The number of carbonyl (C=O) groups excluding carboxylic acids is 1. The Hall–Kier alpha value is -2.64. The van der Waals surface area contributed by atoms with Crippen molar-refractivity contribution in [3.05, 3.63) is 65.9 Å². The van der Waals surface area contributed by atoms with Gasteiger partial charge in [0, 0.05) is 36.3 Å². The van der Waals surface area contributed by atoms with Crippen LogP contribution in [0.25, 0.3) is 10.9 Å². The number of hydrogen-bond acceptors (Lipinski definition) is 4. The van der Waals surface area contributed by atoms with Crippen LogP contribution < -0.4 is 5.32 Å². The number of nitrogens with zero attached hydrogens (tertiary/aromatic N) is 1. The van der Waals surface area contributed by atoms with E-state index in [2.05, 4.69) is 5.32 Å². The summed E-state index contributed by atoms with van der Waals surface area (Å²) in [6.45, 7) is 3.38. The van der Waals surface area contributed by atoms with E-state index in [4.69, 9.17) is 0 Å². The van der Waals surface area contributed by atoms with E-state index < -0.39 is 21.2 Å². The number of rotatable bonds is 7. The number of fused-ring (bicyclic) bond motifs is 1. The third-order valence-corrected chi connectivity index (χ3v) is 7.19. The molecule has 7 heteroatoms. The molecule has 1 amide bonds. The number of sulfone groups is 1. The third kappa shape index (κ3) is 4.52. The second-order valence-electron chi connectivity index (χ2n) is 7.45. The standard InChI is InChI=1S/C22H26N2O4S/c1-15(2)29(27,28)17-10-8-16(9-11-17)12-22(26)23-13-21(25)19-14-24(3)20-7-5-4-6-18(19)20/h4-11,14-15,21,25H,12-13H2,1-3H3,(H,23,26). The molecular formula is C22H26N2O4S. The zero-order valence-electron chi connectivity index (χ0n) is 16.8. The average molecular weight is 415 g/mol. The molecule has 1 heterocycles. The lowest BCUT2D eigenvalue weighted by Crippen LogP contribution is -2.29. The largest absolute Gasteiger partial charge is 0.386 e. The van der Waals surface area contributed by atoms with Gasteiger partial charge in [-0.3, -0.25) is 4.79 Å². The summed E-state index contributed by atoms with van der Waals surface area (Å²) in [4.78, 5) is 12.5. The summed E-state index contributed by atoms with van der Waals surface area (Å²) in [7, 11) is -1.41. The molecule has 6 nitrogen and oxygen atoms in total. The molecule has 2 N–H and O–H groups in total. The molecule has 1 aromatic heterocycles. The van der Waals surface area contributed by atoms with E-state index in [-0.39, 0.29) is 23.8 Å². The van der Waals surface area contributed by atoms with E-state index in [1.54, 1.807) is 26.0 Å². The van der Waals surface area contributed by atoms with Gasteiger partial charge in [-0.15, -0.1) is 0 Å². The van der Waals surface area contributed by atoms with Gasteiger partial charge in [0.15, 0.2) is 9.84 Å². The van der Waals surface area contributed by atoms with Crippen molar-refractivity contribution in [2.45, 2.75) is 36.5 Å². The second-order valence-corrected chi connectivity index (χ2v) is 9.95. The Morgan fingerprint density at radius 1 is 1.10 bits per heavy atom. The minimum absolute atomic E-state index is 0.104. The average Bonchev–Trinajstić information content (AvgIpc) is 3.03. The summed E-state index contributed by atoms with van der Waals surface area (Å²) in [5.74, 6) is -0.233. The summed E-state index contributed by atoms with van der Waals surface area (Å²) < 4.78 is 26.3. The Balaban J connectivity index is 1.61. The van der Waals surface area contributed by atoms with Gasteiger partial charge in [0.1, 0.15) is 0 Å². The smallest absolute Gasteiger partial charge is 0.224 e. The molecule has 3 rings (SSSR count). The normalized spacial score (nSPS) is 13.0. The Morgan fingerprint density at radius 2 is 1.76 bits per heavy atom. The van der Waals surface area contributed by atoms with Crippen LogP contribution in [0.15, 0.2) is 59.6 Å². The van der Waals surface area contributed by atoms with E-state index >= 15 is 0 Å². The molecule has 3 aromatic rings. The number of benzene rings is 2.